The zero-order valence-corrected chi connectivity index (χ0v) is 19.1. The maximum absolute atomic E-state index is 11.1. The van der Waals surface area contributed by atoms with Crippen molar-refractivity contribution >= 4 is 14.3 Å². The molecule has 4 heteroatoms. The highest BCUT2D eigenvalue weighted by atomic mass is 28.4. The van der Waals surface area contributed by atoms with Crippen LogP contribution in [0.5, 0.6) is 0 Å². The maximum Gasteiger partial charge on any atom is 0.305 e. The van der Waals surface area contributed by atoms with Crippen LogP contribution in [0.25, 0.3) is 0 Å². The molecule has 1 unspecified atom stereocenters. The standard InChI is InChI=1S/C22H44O3Si/c1-6-7-8-9-10-12-15-18-21(25-26(3,4)5)19-16-13-11-14-17-20-22(23)24-2/h10,12,21H,6-9,11,13-20H2,1-5H3/b12-10-. The number of hydrogen-bond acceptors (Lipinski definition) is 3. The summed E-state index contributed by atoms with van der Waals surface area (Å²) in [6, 6.07) is 0. The average molecular weight is 385 g/mol. The Hall–Kier alpha value is -0.613. The molecule has 0 aliphatic rings. The Bertz CT molecular complexity index is 361. The molecule has 0 bridgehead atoms. The van der Waals surface area contributed by atoms with E-state index >= 15 is 0 Å². The summed E-state index contributed by atoms with van der Waals surface area (Å²) in [6.07, 6.45) is 20.0. The third-order valence-corrected chi connectivity index (χ3v) is 5.49. The van der Waals surface area contributed by atoms with Crippen molar-refractivity contribution < 1.29 is 14.0 Å². The molecule has 0 saturated heterocycles. The van der Waals surface area contributed by atoms with Gasteiger partial charge in [0.05, 0.1) is 7.11 Å². The van der Waals surface area contributed by atoms with Crippen molar-refractivity contribution in [3.05, 3.63) is 12.2 Å². The Morgan fingerprint density at radius 3 is 2.19 bits per heavy atom. The molecule has 0 fully saturated rings. The van der Waals surface area contributed by atoms with Crippen molar-refractivity contribution in [1.82, 2.24) is 0 Å². The number of ether oxygens (including phenoxy) is 1. The minimum absolute atomic E-state index is 0.0867. The molecule has 0 radical (unpaired) electrons. The number of carbonyl (C=O) groups excluding carboxylic acids is 1. The second-order valence-corrected chi connectivity index (χ2v) is 12.7. The smallest absolute Gasteiger partial charge is 0.305 e. The van der Waals surface area contributed by atoms with Gasteiger partial charge in [0.2, 0.25) is 0 Å². The van der Waals surface area contributed by atoms with Gasteiger partial charge in [-0.1, -0.05) is 57.6 Å². The Balaban J connectivity index is 3.91. The molecule has 0 heterocycles. The lowest BCUT2D eigenvalue weighted by Crippen LogP contribution is -2.32. The van der Waals surface area contributed by atoms with Crippen LogP contribution in [0.15, 0.2) is 12.2 Å². The molecule has 0 spiro atoms. The summed E-state index contributed by atoms with van der Waals surface area (Å²) in [5, 5.41) is 0. The SMILES string of the molecule is CCCCC/C=C\CCC(CCCCCCCC(=O)OC)O[Si](C)(C)C. The van der Waals surface area contributed by atoms with Gasteiger partial charge in [0, 0.05) is 12.5 Å². The van der Waals surface area contributed by atoms with Gasteiger partial charge in [0.1, 0.15) is 0 Å². The fourth-order valence-electron chi connectivity index (χ4n) is 3.07. The Morgan fingerprint density at radius 2 is 1.54 bits per heavy atom. The van der Waals surface area contributed by atoms with Crippen LogP contribution in [0.3, 0.4) is 0 Å². The Labute approximate surface area is 164 Å². The van der Waals surface area contributed by atoms with Crippen LogP contribution >= 0.6 is 0 Å². The fourth-order valence-corrected chi connectivity index (χ4v) is 4.30. The molecule has 0 rings (SSSR count). The zero-order valence-electron chi connectivity index (χ0n) is 18.1. The summed E-state index contributed by atoms with van der Waals surface area (Å²) in [5.74, 6) is -0.0867. The van der Waals surface area contributed by atoms with Crippen molar-refractivity contribution in [2.24, 2.45) is 0 Å². The first kappa shape index (κ1) is 25.4. The predicted molar refractivity (Wildman–Crippen MR) is 115 cm³/mol. The van der Waals surface area contributed by atoms with Gasteiger partial charge in [-0.3, -0.25) is 4.79 Å². The predicted octanol–water partition coefficient (Wildman–Crippen LogP) is 7.03. The number of allylic oxidation sites excluding steroid dienone is 2. The topological polar surface area (TPSA) is 35.5 Å². The molecule has 0 N–H and O–H groups in total. The van der Waals surface area contributed by atoms with E-state index in [2.05, 4.69) is 43.5 Å². The van der Waals surface area contributed by atoms with Crippen molar-refractivity contribution in [3.63, 3.8) is 0 Å². The number of methoxy groups -OCH3 is 1. The highest BCUT2D eigenvalue weighted by Gasteiger charge is 2.20. The van der Waals surface area contributed by atoms with E-state index in [1.54, 1.807) is 0 Å². The molecule has 0 aromatic carbocycles. The zero-order chi connectivity index (χ0) is 19.7. The third kappa shape index (κ3) is 18.2. The van der Waals surface area contributed by atoms with Gasteiger partial charge in [-0.2, -0.15) is 0 Å². The molecular formula is C22H44O3Si. The van der Waals surface area contributed by atoms with Gasteiger partial charge in [-0.15, -0.1) is 0 Å². The lowest BCUT2D eigenvalue weighted by Gasteiger charge is -2.26. The molecule has 0 aromatic rings. The van der Waals surface area contributed by atoms with E-state index in [4.69, 9.17) is 4.43 Å². The summed E-state index contributed by atoms with van der Waals surface area (Å²) in [5.41, 5.74) is 0. The first-order valence-electron chi connectivity index (χ1n) is 10.8. The van der Waals surface area contributed by atoms with Gasteiger partial charge < -0.3 is 9.16 Å². The lowest BCUT2D eigenvalue weighted by molar-refractivity contribution is -0.140. The minimum Gasteiger partial charge on any atom is -0.469 e. The van der Waals surface area contributed by atoms with Crippen LogP contribution in [-0.2, 0) is 14.0 Å². The van der Waals surface area contributed by atoms with Crippen molar-refractivity contribution in [1.29, 1.82) is 0 Å². The first-order valence-corrected chi connectivity index (χ1v) is 14.2. The van der Waals surface area contributed by atoms with Crippen LogP contribution < -0.4 is 0 Å². The molecular weight excluding hydrogens is 340 g/mol. The largest absolute Gasteiger partial charge is 0.469 e. The highest BCUT2D eigenvalue weighted by Crippen LogP contribution is 2.19. The summed E-state index contributed by atoms with van der Waals surface area (Å²) in [4.78, 5) is 11.1. The molecule has 0 aliphatic carbocycles. The van der Waals surface area contributed by atoms with E-state index in [-0.39, 0.29) is 5.97 Å². The van der Waals surface area contributed by atoms with Crippen molar-refractivity contribution in [2.75, 3.05) is 7.11 Å². The van der Waals surface area contributed by atoms with Gasteiger partial charge in [0.25, 0.3) is 0 Å². The second kappa shape index (κ2) is 16.6. The molecule has 154 valence electrons. The minimum atomic E-state index is -1.48. The van der Waals surface area contributed by atoms with E-state index in [9.17, 15) is 4.79 Å². The van der Waals surface area contributed by atoms with E-state index in [0.29, 0.717) is 12.5 Å². The number of rotatable bonds is 17. The van der Waals surface area contributed by atoms with Crippen LogP contribution in [0.4, 0.5) is 0 Å². The highest BCUT2D eigenvalue weighted by molar-refractivity contribution is 6.69. The Kier molecular flexibility index (Phi) is 16.2. The van der Waals surface area contributed by atoms with Crippen molar-refractivity contribution in [2.45, 2.75) is 116 Å². The molecule has 0 aromatic heterocycles. The number of unbranched alkanes of at least 4 members (excludes halogenated alkanes) is 7. The third-order valence-electron chi connectivity index (χ3n) is 4.45. The lowest BCUT2D eigenvalue weighted by atomic mass is 10.0. The monoisotopic (exact) mass is 384 g/mol. The molecule has 0 aliphatic heterocycles. The normalized spacial score (nSPS) is 13.3. The number of hydrogen-bond donors (Lipinski definition) is 0. The van der Waals surface area contributed by atoms with Crippen LogP contribution in [0.1, 0.15) is 90.4 Å². The molecule has 3 nitrogen and oxygen atoms in total. The number of carbonyl (C=O) groups is 1. The van der Waals surface area contributed by atoms with Gasteiger partial charge in [-0.05, 0) is 58.2 Å². The second-order valence-electron chi connectivity index (χ2n) is 8.28. The van der Waals surface area contributed by atoms with Crippen LogP contribution in [0, 0.1) is 0 Å². The summed E-state index contributed by atoms with van der Waals surface area (Å²) < 4.78 is 11.1. The van der Waals surface area contributed by atoms with Gasteiger partial charge in [0.15, 0.2) is 8.32 Å². The summed E-state index contributed by atoms with van der Waals surface area (Å²) in [6.45, 7) is 9.11. The van der Waals surface area contributed by atoms with E-state index in [1.807, 2.05) is 0 Å². The van der Waals surface area contributed by atoms with Crippen LogP contribution in [0.2, 0.25) is 19.6 Å². The average Bonchev–Trinajstić information content (AvgIpc) is 2.58. The van der Waals surface area contributed by atoms with Crippen molar-refractivity contribution in [3.8, 4) is 0 Å². The van der Waals surface area contributed by atoms with Gasteiger partial charge >= 0.3 is 5.97 Å². The quantitative estimate of drug-likeness (QED) is 0.117. The van der Waals surface area contributed by atoms with Gasteiger partial charge in [-0.25, -0.2) is 0 Å². The summed E-state index contributed by atoms with van der Waals surface area (Å²) in [7, 11) is -0.0202. The van der Waals surface area contributed by atoms with E-state index < -0.39 is 8.32 Å². The molecule has 1 atom stereocenters. The fraction of sp³-hybridized carbons (Fsp3) is 0.864. The first-order chi connectivity index (χ1) is 12.4. The molecule has 0 saturated carbocycles. The van der Waals surface area contributed by atoms with E-state index in [1.165, 1.54) is 58.5 Å². The maximum atomic E-state index is 11.1. The number of esters is 1. The molecule has 0 amide bonds. The molecule has 26 heavy (non-hydrogen) atoms. The Morgan fingerprint density at radius 1 is 0.885 bits per heavy atom. The van der Waals surface area contributed by atoms with Crippen LogP contribution in [-0.4, -0.2) is 27.5 Å². The summed E-state index contributed by atoms with van der Waals surface area (Å²) >= 11 is 0. The van der Waals surface area contributed by atoms with E-state index in [0.717, 1.165) is 25.7 Å².